The van der Waals surface area contributed by atoms with Crippen molar-refractivity contribution < 1.29 is 19.5 Å². The summed E-state index contributed by atoms with van der Waals surface area (Å²) in [6.45, 7) is 26.3. The van der Waals surface area contributed by atoms with Gasteiger partial charge in [-0.25, -0.2) is 0 Å². The van der Waals surface area contributed by atoms with E-state index in [1.165, 1.54) is 0 Å². The smallest absolute Gasteiger partial charge is 0 e. The Bertz CT molecular complexity index is 303. The fourth-order valence-corrected chi connectivity index (χ4v) is 3.39. The molecule has 0 aliphatic rings. The Labute approximate surface area is 210 Å². The minimum atomic E-state index is 0. The molecule has 0 heterocycles. The van der Waals surface area contributed by atoms with Crippen LogP contribution in [0.4, 0.5) is 0 Å². The molecule has 0 amide bonds. The number of nitrogens with zero attached hydrogens (tertiary/aromatic N) is 4. The fourth-order valence-electron chi connectivity index (χ4n) is 3.39. The van der Waals surface area contributed by atoms with E-state index in [0.29, 0.717) is 48.3 Å². The van der Waals surface area contributed by atoms with E-state index < -0.39 is 0 Å². The number of hydrogen-bond acceptors (Lipinski definition) is 0. The van der Waals surface area contributed by atoms with E-state index in [4.69, 9.17) is 21.3 Å². The van der Waals surface area contributed by atoms with Crippen molar-refractivity contribution in [2.75, 3.05) is 0 Å². The first-order valence-corrected chi connectivity index (χ1v) is 12.8. The van der Waals surface area contributed by atoms with Crippen molar-refractivity contribution in [1.29, 1.82) is 0 Å². The third-order valence-corrected chi connectivity index (χ3v) is 5.76. The van der Waals surface area contributed by atoms with Gasteiger partial charge < -0.3 is 21.3 Å². The van der Waals surface area contributed by atoms with Crippen LogP contribution in [-0.4, -0.2) is 48.3 Å². The van der Waals surface area contributed by atoms with Gasteiger partial charge in [0.25, 0.3) is 0 Å². The van der Waals surface area contributed by atoms with E-state index >= 15 is 0 Å². The van der Waals surface area contributed by atoms with E-state index in [1.54, 1.807) is 0 Å². The van der Waals surface area contributed by atoms with Gasteiger partial charge in [-0.2, -0.15) is 0 Å². The average molecular weight is 490 g/mol. The maximum Gasteiger partial charge on any atom is 0 e. The van der Waals surface area contributed by atoms with Gasteiger partial charge in [0.15, 0.2) is 0 Å². The summed E-state index contributed by atoms with van der Waals surface area (Å²) in [7, 11) is 0. The van der Waals surface area contributed by atoms with Crippen molar-refractivity contribution in [2.45, 2.75) is 170 Å². The summed E-state index contributed by atoms with van der Waals surface area (Å²) in [6.07, 6.45) is 6.74. The number of rotatable bonds is 16. The van der Waals surface area contributed by atoms with Gasteiger partial charge in [0.1, 0.15) is 0 Å². The summed E-state index contributed by atoms with van der Waals surface area (Å²) in [6, 6.07) is 3.77. The minimum absolute atomic E-state index is 0. The summed E-state index contributed by atoms with van der Waals surface area (Å²) >= 11 is 0. The molecule has 186 valence electrons. The van der Waals surface area contributed by atoms with Crippen molar-refractivity contribution in [2.24, 2.45) is 0 Å². The van der Waals surface area contributed by atoms with Crippen molar-refractivity contribution in [1.82, 2.24) is 0 Å². The third kappa shape index (κ3) is 23.4. The van der Waals surface area contributed by atoms with Crippen LogP contribution in [0.5, 0.6) is 0 Å². The Kier molecular flexibility index (Phi) is 25.9. The summed E-state index contributed by atoms with van der Waals surface area (Å²) in [5, 5.41) is 18.8. The fraction of sp³-hybridized carbons (Fsp3) is 1.00. The molecule has 0 aromatic carbocycles. The second-order valence-electron chi connectivity index (χ2n) is 9.49. The zero-order valence-corrected chi connectivity index (χ0v) is 26.3. The Balaban J connectivity index is -0.000000490. The maximum absolute atomic E-state index is 4.71. The van der Waals surface area contributed by atoms with E-state index in [9.17, 15) is 0 Å². The molecule has 8 unspecified atom stereocenters. The average Bonchev–Trinajstić information content (AvgIpc) is 2.67. The Morgan fingerprint density at radius 1 is 0.355 bits per heavy atom. The van der Waals surface area contributed by atoms with Crippen LogP contribution in [-0.2, 0) is 19.5 Å². The van der Waals surface area contributed by atoms with Gasteiger partial charge in [-0.1, -0.05) is 122 Å². The predicted octanol–water partition coefficient (Wildman–Crippen LogP) is 8.99. The molecule has 8 atom stereocenters. The van der Waals surface area contributed by atoms with E-state index in [2.05, 4.69) is 83.1 Å². The van der Waals surface area contributed by atoms with Crippen LogP contribution in [0.15, 0.2) is 0 Å². The Morgan fingerprint density at radius 3 is 0.645 bits per heavy atom. The minimum Gasteiger partial charge on any atom is -0.657 e. The van der Waals surface area contributed by atoms with Gasteiger partial charge in [-0.3, -0.25) is 0 Å². The largest absolute Gasteiger partial charge is 0.657 e. The standard InChI is InChI=1S/2C13H28N2.Zn/c2*1-7-10(3)14-12(5)9-13(6)15-11(4)8-2;/h2*10-13H,7-9H2,1-6H3;/q2*-2;. The summed E-state index contributed by atoms with van der Waals surface area (Å²) in [4.78, 5) is 0. The SMILES string of the molecule is CCC(C)[N-]C(C)CC(C)[N-]C(C)CC.CCC(C)[N-]C(C)CC(C)[N-]C(C)CC.[Zn]. The predicted molar refractivity (Wildman–Crippen MR) is 140 cm³/mol. The zero-order chi connectivity index (χ0) is 23.7. The van der Waals surface area contributed by atoms with Gasteiger partial charge in [-0.15, -0.1) is 48.3 Å². The van der Waals surface area contributed by atoms with E-state index in [0.717, 1.165) is 38.5 Å². The van der Waals surface area contributed by atoms with E-state index in [1.807, 2.05) is 0 Å². The monoisotopic (exact) mass is 488 g/mol. The molecule has 5 heteroatoms. The van der Waals surface area contributed by atoms with Crippen LogP contribution in [0.2, 0.25) is 0 Å². The maximum atomic E-state index is 4.71. The Morgan fingerprint density at radius 2 is 0.516 bits per heavy atom. The quantitative estimate of drug-likeness (QED) is 0.194. The van der Waals surface area contributed by atoms with Gasteiger partial charge in [0.05, 0.1) is 0 Å². The molecule has 0 radical (unpaired) electrons. The van der Waals surface area contributed by atoms with Crippen molar-refractivity contribution >= 4 is 0 Å². The molecule has 0 aromatic rings. The van der Waals surface area contributed by atoms with Crippen LogP contribution < -0.4 is 0 Å². The zero-order valence-electron chi connectivity index (χ0n) is 23.4. The molecule has 0 aliphatic heterocycles. The first-order chi connectivity index (χ1) is 14.0. The van der Waals surface area contributed by atoms with Crippen LogP contribution in [0, 0.1) is 0 Å². The second-order valence-corrected chi connectivity index (χ2v) is 9.49. The summed E-state index contributed by atoms with van der Waals surface area (Å²) in [5.41, 5.74) is 0. The van der Waals surface area contributed by atoms with Crippen LogP contribution >= 0.6 is 0 Å². The molecule has 0 spiro atoms. The topological polar surface area (TPSA) is 56.4 Å². The third-order valence-electron chi connectivity index (χ3n) is 5.76. The van der Waals surface area contributed by atoms with Gasteiger partial charge in [0.2, 0.25) is 0 Å². The van der Waals surface area contributed by atoms with Crippen LogP contribution in [0.25, 0.3) is 21.3 Å². The van der Waals surface area contributed by atoms with Gasteiger partial charge >= 0.3 is 0 Å². The molecular weight excluding hydrogens is 434 g/mol. The molecule has 31 heavy (non-hydrogen) atoms. The Hall–Kier alpha value is 0.463. The van der Waals surface area contributed by atoms with Crippen molar-refractivity contribution in [3.63, 3.8) is 0 Å². The summed E-state index contributed by atoms with van der Waals surface area (Å²) in [5.74, 6) is 0. The van der Waals surface area contributed by atoms with Crippen molar-refractivity contribution in [3.8, 4) is 0 Å². The number of hydrogen-bond donors (Lipinski definition) is 0. The molecule has 0 fully saturated rings. The molecule has 4 nitrogen and oxygen atoms in total. The van der Waals surface area contributed by atoms with Gasteiger partial charge in [0, 0.05) is 19.5 Å². The van der Waals surface area contributed by atoms with Gasteiger partial charge in [-0.05, 0) is 0 Å². The molecule has 0 aromatic heterocycles. The normalized spacial score (nSPS) is 19.0. The summed E-state index contributed by atoms with van der Waals surface area (Å²) < 4.78 is 0. The molecular formula is C26H56N4Zn-4. The molecule has 0 rings (SSSR count). The molecule has 0 saturated heterocycles. The first-order valence-electron chi connectivity index (χ1n) is 12.8. The van der Waals surface area contributed by atoms with E-state index in [-0.39, 0.29) is 19.5 Å². The van der Waals surface area contributed by atoms with Crippen LogP contribution in [0.3, 0.4) is 0 Å². The molecule has 0 aliphatic carbocycles. The molecule has 0 N–H and O–H groups in total. The van der Waals surface area contributed by atoms with Crippen molar-refractivity contribution in [3.05, 3.63) is 21.3 Å². The second kappa shape index (κ2) is 22.3. The molecule has 0 saturated carbocycles. The molecule has 0 bridgehead atoms. The van der Waals surface area contributed by atoms with Crippen LogP contribution in [0.1, 0.15) is 122 Å². The first kappa shape index (κ1) is 36.0.